The number of amides is 1. The molecule has 0 saturated heterocycles. The van der Waals surface area contributed by atoms with Gasteiger partial charge in [-0.1, -0.05) is 53.9 Å². The first kappa shape index (κ1) is 28.6. The molecule has 0 aliphatic carbocycles. The Labute approximate surface area is 232 Å². The Kier molecular flexibility index (Phi) is 10.1. The molecule has 1 amide bonds. The van der Waals surface area contributed by atoms with Gasteiger partial charge in [0.2, 0.25) is 0 Å². The number of thiocarbonyl (C=S) groups is 1. The highest BCUT2D eigenvalue weighted by atomic mass is 79.9. The monoisotopic (exact) mass is 603 g/mol. The summed E-state index contributed by atoms with van der Waals surface area (Å²) < 4.78 is 33.9. The molecule has 10 heteroatoms. The van der Waals surface area contributed by atoms with E-state index in [1.807, 2.05) is 19.1 Å². The van der Waals surface area contributed by atoms with Gasteiger partial charge in [0.25, 0.3) is 15.9 Å². The van der Waals surface area contributed by atoms with Crippen LogP contribution in [0, 0.1) is 0 Å². The average molecular weight is 605 g/mol. The van der Waals surface area contributed by atoms with E-state index in [2.05, 4.69) is 33.5 Å². The third kappa shape index (κ3) is 7.77. The number of carbonyl (C=O) groups excluding carboxylic acids is 1. The first-order chi connectivity index (χ1) is 17.6. The maximum Gasteiger partial charge on any atom is 0.264 e. The fourth-order valence-electron chi connectivity index (χ4n) is 3.53. The van der Waals surface area contributed by atoms with Crippen molar-refractivity contribution in [2.24, 2.45) is 0 Å². The van der Waals surface area contributed by atoms with Crippen LogP contribution in [0.5, 0.6) is 5.75 Å². The predicted octanol–water partition coefficient (Wildman–Crippen LogP) is 6.36. The van der Waals surface area contributed by atoms with E-state index in [0.29, 0.717) is 22.7 Å². The number of hydrogen-bond donors (Lipinski definition) is 2. The minimum Gasteiger partial charge on any atom is -0.490 e. The van der Waals surface area contributed by atoms with Crippen LogP contribution in [0.3, 0.4) is 0 Å². The summed E-state index contributed by atoms with van der Waals surface area (Å²) in [6, 6.07) is 20.2. The van der Waals surface area contributed by atoms with Crippen molar-refractivity contribution >= 4 is 60.6 Å². The zero-order valence-corrected chi connectivity index (χ0v) is 24.1. The van der Waals surface area contributed by atoms with Gasteiger partial charge < -0.3 is 10.1 Å². The molecule has 0 aliphatic rings. The molecule has 1 atom stereocenters. The topological polar surface area (TPSA) is 87.7 Å². The number of nitrogens with one attached hydrogen (secondary N) is 2. The van der Waals surface area contributed by atoms with E-state index in [0.717, 1.165) is 23.7 Å². The smallest absolute Gasteiger partial charge is 0.264 e. The second kappa shape index (κ2) is 13.0. The molecule has 0 aromatic heterocycles. The Morgan fingerprint density at radius 2 is 1.76 bits per heavy atom. The van der Waals surface area contributed by atoms with Crippen LogP contribution in [0.1, 0.15) is 43.5 Å². The number of para-hydroxylation sites is 1. The van der Waals surface area contributed by atoms with Gasteiger partial charge in [0.15, 0.2) is 5.11 Å². The third-order valence-electron chi connectivity index (χ3n) is 5.60. The third-order valence-corrected chi connectivity index (χ3v) is 8.09. The number of anilines is 2. The molecule has 0 aliphatic heterocycles. The summed E-state index contributed by atoms with van der Waals surface area (Å²) in [5.74, 6) is 0.0596. The molecule has 2 N–H and O–H groups in total. The molecule has 1 unspecified atom stereocenters. The van der Waals surface area contributed by atoms with Gasteiger partial charge in [-0.25, -0.2) is 8.42 Å². The van der Waals surface area contributed by atoms with Crippen LogP contribution in [0.25, 0.3) is 0 Å². The molecule has 0 heterocycles. The van der Waals surface area contributed by atoms with E-state index in [1.165, 1.54) is 23.5 Å². The Morgan fingerprint density at radius 1 is 1.08 bits per heavy atom. The van der Waals surface area contributed by atoms with E-state index >= 15 is 0 Å². The molecule has 0 spiro atoms. The molecule has 196 valence electrons. The van der Waals surface area contributed by atoms with E-state index in [1.54, 1.807) is 48.5 Å². The molecule has 3 aromatic carbocycles. The summed E-state index contributed by atoms with van der Waals surface area (Å²) in [5.41, 5.74) is 1.45. The number of sulfonamides is 1. The number of carbonyl (C=O) groups is 1. The SMILES string of the molecule is CCCCC(C)Oc1ccc(Br)cc1C(=O)NC(=S)Nc1ccc(S(=O)(=O)N(C)c2ccccc2)cc1. The van der Waals surface area contributed by atoms with Crippen LogP contribution in [0.15, 0.2) is 82.2 Å². The fraction of sp³-hybridized carbons (Fsp3) is 0.259. The van der Waals surface area contributed by atoms with Gasteiger partial charge in [-0.2, -0.15) is 0 Å². The predicted molar refractivity (Wildman–Crippen MR) is 156 cm³/mol. The molecule has 3 aromatic rings. The maximum atomic E-state index is 13.0. The van der Waals surface area contributed by atoms with Gasteiger partial charge in [0.1, 0.15) is 5.75 Å². The molecule has 3 rings (SSSR count). The number of unbranched alkanes of at least 4 members (excludes halogenated alkanes) is 1. The molecular formula is C27H30BrN3O4S2. The summed E-state index contributed by atoms with van der Waals surface area (Å²) in [5, 5.41) is 5.67. The second-order valence-electron chi connectivity index (χ2n) is 8.45. The van der Waals surface area contributed by atoms with E-state index in [-0.39, 0.29) is 16.1 Å². The van der Waals surface area contributed by atoms with Crippen molar-refractivity contribution in [3.05, 3.63) is 82.8 Å². The van der Waals surface area contributed by atoms with Gasteiger partial charge in [-0.05, 0) is 80.2 Å². The average Bonchev–Trinajstić information content (AvgIpc) is 2.88. The van der Waals surface area contributed by atoms with Crippen LogP contribution >= 0.6 is 28.1 Å². The van der Waals surface area contributed by atoms with Crippen molar-refractivity contribution in [3.8, 4) is 5.75 Å². The van der Waals surface area contributed by atoms with Crippen LogP contribution < -0.4 is 19.7 Å². The standard InChI is InChI=1S/C27H30BrN3O4S2/c1-4-5-9-19(2)35-25-17-12-20(28)18-24(25)26(32)30-27(36)29-21-13-15-23(16-14-21)37(33,34)31(3)22-10-7-6-8-11-22/h6-8,10-19H,4-5,9H2,1-3H3,(H2,29,30,32,36). The first-order valence-electron chi connectivity index (χ1n) is 11.8. The number of rotatable bonds is 10. The van der Waals surface area contributed by atoms with Crippen LogP contribution in [-0.4, -0.2) is 32.6 Å². The van der Waals surface area contributed by atoms with E-state index in [9.17, 15) is 13.2 Å². The largest absolute Gasteiger partial charge is 0.490 e. The highest BCUT2D eigenvalue weighted by Gasteiger charge is 2.21. The van der Waals surface area contributed by atoms with Crippen LogP contribution in [0.4, 0.5) is 11.4 Å². The Morgan fingerprint density at radius 3 is 2.41 bits per heavy atom. The van der Waals surface area contributed by atoms with Crippen LogP contribution in [-0.2, 0) is 10.0 Å². The molecular weight excluding hydrogens is 574 g/mol. The lowest BCUT2D eigenvalue weighted by atomic mass is 10.1. The second-order valence-corrected chi connectivity index (χ2v) is 11.7. The number of nitrogens with zero attached hydrogens (tertiary/aromatic N) is 1. The maximum absolute atomic E-state index is 13.0. The molecule has 0 saturated carbocycles. The van der Waals surface area contributed by atoms with Crippen molar-refractivity contribution in [2.45, 2.75) is 44.1 Å². The Hall–Kier alpha value is -2.95. The summed E-state index contributed by atoms with van der Waals surface area (Å²) in [4.78, 5) is 13.1. The lowest BCUT2D eigenvalue weighted by Crippen LogP contribution is -2.34. The van der Waals surface area contributed by atoms with E-state index in [4.69, 9.17) is 17.0 Å². The highest BCUT2D eigenvalue weighted by Crippen LogP contribution is 2.26. The highest BCUT2D eigenvalue weighted by molar-refractivity contribution is 9.10. The van der Waals surface area contributed by atoms with Crippen molar-refractivity contribution in [1.82, 2.24) is 5.32 Å². The Bertz CT molecular complexity index is 1330. The summed E-state index contributed by atoms with van der Waals surface area (Å²) >= 11 is 8.73. The summed E-state index contributed by atoms with van der Waals surface area (Å²) in [6.07, 6.45) is 2.96. The zero-order chi connectivity index (χ0) is 27.0. The summed E-state index contributed by atoms with van der Waals surface area (Å²) in [6.45, 7) is 4.10. The van der Waals surface area contributed by atoms with Crippen molar-refractivity contribution < 1.29 is 17.9 Å². The zero-order valence-electron chi connectivity index (χ0n) is 20.9. The molecule has 7 nitrogen and oxygen atoms in total. The fourth-order valence-corrected chi connectivity index (χ4v) is 5.29. The quantitative estimate of drug-likeness (QED) is 0.262. The van der Waals surface area contributed by atoms with Gasteiger partial charge in [0, 0.05) is 17.2 Å². The molecule has 0 bridgehead atoms. The normalized spacial score (nSPS) is 11.9. The van der Waals surface area contributed by atoms with Crippen molar-refractivity contribution in [3.63, 3.8) is 0 Å². The molecule has 0 fully saturated rings. The van der Waals surface area contributed by atoms with Crippen molar-refractivity contribution in [1.29, 1.82) is 0 Å². The minimum absolute atomic E-state index is 0.0338. The molecule has 0 radical (unpaired) electrons. The summed E-state index contributed by atoms with van der Waals surface area (Å²) in [7, 11) is -2.23. The van der Waals surface area contributed by atoms with E-state index < -0.39 is 15.9 Å². The minimum atomic E-state index is -3.73. The first-order valence-corrected chi connectivity index (χ1v) is 14.5. The lowest BCUT2D eigenvalue weighted by molar-refractivity contribution is 0.0970. The number of ether oxygens (including phenoxy) is 1. The lowest BCUT2D eigenvalue weighted by Gasteiger charge is -2.19. The van der Waals surface area contributed by atoms with Gasteiger partial charge in [0.05, 0.1) is 22.3 Å². The van der Waals surface area contributed by atoms with Gasteiger partial charge in [-0.3, -0.25) is 14.4 Å². The van der Waals surface area contributed by atoms with Gasteiger partial charge in [-0.15, -0.1) is 0 Å². The number of halogens is 1. The number of benzene rings is 3. The number of hydrogen-bond acceptors (Lipinski definition) is 5. The Balaban J connectivity index is 1.66. The van der Waals surface area contributed by atoms with Gasteiger partial charge >= 0.3 is 0 Å². The van der Waals surface area contributed by atoms with Crippen molar-refractivity contribution in [2.75, 3.05) is 16.7 Å². The molecule has 37 heavy (non-hydrogen) atoms. The van der Waals surface area contributed by atoms with Crippen LogP contribution in [0.2, 0.25) is 0 Å².